The summed E-state index contributed by atoms with van der Waals surface area (Å²) >= 11 is 0. The number of nitrogens with zero attached hydrogens (tertiary/aromatic N) is 3. The second-order valence-corrected chi connectivity index (χ2v) is 10.7. The molecule has 0 aliphatic carbocycles. The van der Waals surface area contributed by atoms with E-state index in [-0.39, 0.29) is 29.4 Å². The highest BCUT2D eigenvalue weighted by Crippen LogP contribution is 2.26. The predicted octanol–water partition coefficient (Wildman–Crippen LogP) is 4.30. The van der Waals surface area contributed by atoms with Gasteiger partial charge in [0.2, 0.25) is 10.0 Å². The summed E-state index contributed by atoms with van der Waals surface area (Å²) in [7, 11) is -3.63. The van der Waals surface area contributed by atoms with Crippen LogP contribution in [0.15, 0.2) is 71.8 Å². The molecule has 9 heteroatoms. The number of fused-ring (bicyclic) bond motifs is 1. The molecule has 1 amide bonds. The minimum absolute atomic E-state index is 0.0751. The number of hydrogen-bond acceptors (Lipinski definition) is 5. The van der Waals surface area contributed by atoms with Crippen LogP contribution in [0.4, 0.5) is 0 Å². The fraction of sp³-hybridized carbons (Fsp3) is 0.269. The fourth-order valence-corrected chi connectivity index (χ4v) is 5.14. The summed E-state index contributed by atoms with van der Waals surface area (Å²) in [5.74, 6) is -0.286. The summed E-state index contributed by atoms with van der Waals surface area (Å²) in [5.41, 5.74) is 3.36. The Morgan fingerprint density at radius 1 is 1.00 bits per heavy atom. The van der Waals surface area contributed by atoms with Gasteiger partial charge < -0.3 is 5.32 Å². The molecule has 0 unspecified atom stereocenters. The van der Waals surface area contributed by atoms with Gasteiger partial charge in [-0.15, -0.1) is 0 Å². The number of sulfonamides is 1. The van der Waals surface area contributed by atoms with Crippen molar-refractivity contribution < 1.29 is 13.2 Å². The number of pyridine rings is 1. The average Bonchev–Trinajstić information content (AvgIpc) is 3.26. The van der Waals surface area contributed by atoms with Crippen molar-refractivity contribution in [3.63, 3.8) is 0 Å². The fourth-order valence-electron chi connectivity index (χ4n) is 3.82. The molecule has 35 heavy (non-hydrogen) atoms. The van der Waals surface area contributed by atoms with E-state index in [4.69, 9.17) is 4.98 Å². The molecule has 0 radical (unpaired) electrons. The topological polar surface area (TPSA) is 106 Å². The zero-order chi connectivity index (χ0) is 25.2. The highest BCUT2D eigenvalue weighted by atomic mass is 32.2. The molecule has 4 aromatic rings. The maximum atomic E-state index is 13.3. The van der Waals surface area contributed by atoms with E-state index in [0.29, 0.717) is 27.9 Å². The largest absolute Gasteiger partial charge is 0.348 e. The van der Waals surface area contributed by atoms with E-state index in [1.165, 1.54) is 6.07 Å². The van der Waals surface area contributed by atoms with Crippen molar-refractivity contribution in [2.24, 2.45) is 0 Å². The summed E-state index contributed by atoms with van der Waals surface area (Å²) in [5, 5.41) is 8.04. The number of amides is 1. The van der Waals surface area contributed by atoms with Crippen molar-refractivity contribution >= 4 is 27.0 Å². The monoisotopic (exact) mass is 491 g/mol. The molecule has 0 aliphatic heterocycles. The summed E-state index contributed by atoms with van der Waals surface area (Å²) in [6, 6.07) is 17.9. The number of aromatic nitrogens is 3. The van der Waals surface area contributed by atoms with Gasteiger partial charge in [-0.2, -0.15) is 5.10 Å². The molecule has 0 fully saturated rings. The van der Waals surface area contributed by atoms with E-state index in [1.54, 1.807) is 49.0 Å². The Hall–Kier alpha value is -3.56. The molecule has 2 heterocycles. The van der Waals surface area contributed by atoms with Gasteiger partial charge in [0, 0.05) is 24.2 Å². The molecular weight excluding hydrogens is 462 g/mol. The number of rotatable bonds is 8. The lowest BCUT2D eigenvalue weighted by molar-refractivity contribution is 0.0952. The molecule has 0 bridgehead atoms. The molecule has 8 nitrogen and oxygen atoms in total. The van der Waals surface area contributed by atoms with Gasteiger partial charge >= 0.3 is 0 Å². The summed E-state index contributed by atoms with van der Waals surface area (Å²) in [6.45, 7) is 7.73. The molecule has 0 aliphatic rings. The zero-order valence-corrected chi connectivity index (χ0v) is 21.0. The number of carbonyl (C=O) groups excluding carboxylic acids is 1. The van der Waals surface area contributed by atoms with Crippen LogP contribution in [0.3, 0.4) is 0 Å². The number of benzene rings is 2. The Balaban J connectivity index is 1.65. The number of hydrogen-bond donors (Lipinski definition) is 2. The van der Waals surface area contributed by atoms with Crippen LogP contribution in [0.25, 0.3) is 22.3 Å². The number of carbonyl (C=O) groups is 1. The quantitative estimate of drug-likeness (QED) is 0.382. The SMILES string of the molecule is CC(C)NS(=O)(=O)c1cccc(CNC(=O)c2cc(-c3ccccc3)nc3c2cnn3C(C)C)c1. The molecule has 0 saturated heterocycles. The van der Waals surface area contributed by atoms with E-state index < -0.39 is 10.0 Å². The first kappa shape index (κ1) is 24.6. The normalized spacial score (nSPS) is 11.9. The smallest absolute Gasteiger partial charge is 0.252 e. The minimum Gasteiger partial charge on any atom is -0.348 e. The molecule has 0 atom stereocenters. The van der Waals surface area contributed by atoms with Crippen LogP contribution in [-0.2, 0) is 16.6 Å². The summed E-state index contributed by atoms with van der Waals surface area (Å²) in [6.07, 6.45) is 1.66. The maximum absolute atomic E-state index is 13.3. The first-order chi connectivity index (χ1) is 16.7. The van der Waals surface area contributed by atoms with Gasteiger partial charge in [0.25, 0.3) is 5.91 Å². The molecule has 0 saturated carbocycles. The van der Waals surface area contributed by atoms with Gasteiger partial charge in [0.1, 0.15) is 0 Å². The predicted molar refractivity (Wildman–Crippen MR) is 136 cm³/mol. The van der Waals surface area contributed by atoms with Crippen molar-refractivity contribution in [3.8, 4) is 11.3 Å². The number of nitrogens with one attached hydrogen (secondary N) is 2. The summed E-state index contributed by atoms with van der Waals surface area (Å²) < 4.78 is 29.4. The van der Waals surface area contributed by atoms with Crippen LogP contribution < -0.4 is 10.0 Å². The van der Waals surface area contributed by atoms with E-state index in [0.717, 1.165) is 5.56 Å². The van der Waals surface area contributed by atoms with Gasteiger partial charge in [-0.1, -0.05) is 42.5 Å². The molecular formula is C26H29N5O3S. The third kappa shape index (κ3) is 5.41. The van der Waals surface area contributed by atoms with Crippen molar-refractivity contribution in [2.45, 2.75) is 51.2 Å². The highest BCUT2D eigenvalue weighted by molar-refractivity contribution is 7.89. The van der Waals surface area contributed by atoms with Gasteiger partial charge in [0.05, 0.1) is 27.7 Å². The van der Waals surface area contributed by atoms with E-state index in [1.807, 2.05) is 44.2 Å². The van der Waals surface area contributed by atoms with Crippen LogP contribution in [0, 0.1) is 0 Å². The maximum Gasteiger partial charge on any atom is 0.252 e. The molecule has 2 aromatic heterocycles. The van der Waals surface area contributed by atoms with Crippen molar-refractivity contribution in [1.29, 1.82) is 0 Å². The van der Waals surface area contributed by atoms with E-state index in [9.17, 15) is 13.2 Å². The molecule has 2 N–H and O–H groups in total. The first-order valence-corrected chi connectivity index (χ1v) is 13.0. The Labute approximate surface area is 205 Å². The van der Waals surface area contributed by atoms with Crippen LogP contribution >= 0.6 is 0 Å². The van der Waals surface area contributed by atoms with Gasteiger partial charge in [0.15, 0.2) is 5.65 Å². The van der Waals surface area contributed by atoms with Gasteiger partial charge in [-0.05, 0) is 51.5 Å². The average molecular weight is 492 g/mol. The van der Waals surface area contributed by atoms with Gasteiger partial charge in [-0.3, -0.25) is 4.79 Å². The Kier molecular flexibility index (Phi) is 7.00. The second-order valence-electron chi connectivity index (χ2n) is 8.95. The molecule has 2 aromatic carbocycles. The van der Waals surface area contributed by atoms with Crippen LogP contribution in [0.5, 0.6) is 0 Å². The third-order valence-electron chi connectivity index (χ3n) is 5.42. The second kappa shape index (κ2) is 9.97. The minimum atomic E-state index is -3.63. The zero-order valence-electron chi connectivity index (χ0n) is 20.2. The Bertz CT molecular complexity index is 1460. The molecule has 182 valence electrons. The van der Waals surface area contributed by atoms with Crippen molar-refractivity contribution in [3.05, 3.63) is 78.0 Å². The summed E-state index contributed by atoms with van der Waals surface area (Å²) in [4.78, 5) is 18.3. The highest BCUT2D eigenvalue weighted by Gasteiger charge is 2.19. The molecule has 0 spiro atoms. The van der Waals surface area contributed by atoms with E-state index in [2.05, 4.69) is 15.1 Å². The Morgan fingerprint density at radius 2 is 1.74 bits per heavy atom. The van der Waals surface area contributed by atoms with Crippen molar-refractivity contribution in [2.75, 3.05) is 0 Å². The van der Waals surface area contributed by atoms with E-state index >= 15 is 0 Å². The third-order valence-corrected chi connectivity index (χ3v) is 7.08. The lowest BCUT2D eigenvalue weighted by atomic mass is 10.1. The molecule has 4 rings (SSSR count). The van der Waals surface area contributed by atoms with Crippen LogP contribution in [0.2, 0.25) is 0 Å². The van der Waals surface area contributed by atoms with Gasteiger partial charge in [-0.25, -0.2) is 22.8 Å². The van der Waals surface area contributed by atoms with Crippen LogP contribution in [0.1, 0.15) is 49.7 Å². The lowest BCUT2D eigenvalue weighted by Crippen LogP contribution is -2.30. The van der Waals surface area contributed by atoms with Crippen molar-refractivity contribution in [1.82, 2.24) is 24.8 Å². The first-order valence-electron chi connectivity index (χ1n) is 11.5. The Morgan fingerprint density at radius 3 is 2.43 bits per heavy atom. The lowest BCUT2D eigenvalue weighted by Gasteiger charge is -2.12. The van der Waals surface area contributed by atoms with Crippen LogP contribution in [-0.4, -0.2) is 35.1 Å². The standard InChI is InChI=1S/C26H29N5O3S/c1-17(2)30-35(33,34)21-12-8-9-19(13-21)15-27-26(32)22-14-24(20-10-6-5-7-11-20)29-25-23(22)16-28-31(25)18(3)4/h5-14,16-18,30H,15H2,1-4H3,(H,27,32).